The van der Waals surface area contributed by atoms with Crippen molar-refractivity contribution in [2.75, 3.05) is 12.0 Å². The maximum atomic E-state index is 11.8. The molecule has 98 valence electrons. The Morgan fingerprint density at radius 1 is 1.21 bits per heavy atom. The first-order valence-corrected chi connectivity index (χ1v) is 5.90. The van der Waals surface area contributed by atoms with Gasteiger partial charge in [0.25, 0.3) is 5.91 Å². The number of carbonyl (C=O) groups excluding carboxylic acids is 1. The zero-order valence-corrected chi connectivity index (χ0v) is 10.3. The van der Waals surface area contributed by atoms with Crippen LogP contribution in [0, 0.1) is 0 Å². The van der Waals surface area contributed by atoms with Gasteiger partial charge in [-0.15, -0.1) is 0 Å². The smallest absolute Gasteiger partial charge is 0.269 e. The van der Waals surface area contributed by atoms with Gasteiger partial charge in [0.2, 0.25) is 0 Å². The highest BCUT2D eigenvalue weighted by molar-refractivity contribution is 5.92. The molecule has 19 heavy (non-hydrogen) atoms. The summed E-state index contributed by atoms with van der Waals surface area (Å²) < 4.78 is 0. The molecule has 0 atom stereocenters. The van der Waals surface area contributed by atoms with Gasteiger partial charge >= 0.3 is 0 Å². The molecular formula is C13H15N5O. The number of amides is 1. The molecule has 1 amide bonds. The Balaban J connectivity index is 1.87. The lowest BCUT2D eigenvalue weighted by molar-refractivity contribution is 0.0949. The number of nitrogens with zero attached hydrogens (tertiary/aromatic N) is 2. The molecule has 0 unspecified atom stereocenters. The van der Waals surface area contributed by atoms with E-state index in [1.807, 2.05) is 12.1 Å². The monoisotopic (exact) mass is 257 g/mol. The van der Waals surface area contributed by atoms with Gasteiger partial charge in [-0.2, -0.15) is 0 Å². The number of carbonyl (C=O) groups is 1. The first kappa shape index (κ1) is 13.0. The van der Waals surface area contributed by atoms with Crippen LogP contribution in [0.1, 0.15) is 16.1 Å². The second kappa shape index (κ2) is 6.46. The van der Waals surface area contributed by atoms with Crippen LogP contribution in [0.25, 0.3) is 0 Å². The molecule has 4 N–H and O–H groups in total. The average Bonchev–Trinajstić information content (AvgIpc) is 2.48. The van der Waals surface area contributed by atoms with Crippen molar-refractivity contribution < 1.29 is 4.79 Å². The number of nitrogens with two attached hydrogens (primary N) is 1. The van der Waals surface area contributed by atoms with E-state index in [0.29, 0.717) is 18.1 Å². The number of aromatic nitrogens is 2. The standard InChI is InChI=1S/C13H15N5O/c14-18-12-3-1-2-11(17-12)13(19)16-9-6-10-4-7-15-8-5-10/h1-5,7-8H,6,9,14H2,(H,16,19)(H,17,18). The molecule has 0 fully saturated rings. The third-order valence-electron chi connectivity index (χ3n) is 2.58. The van der Waals surface area contributed by atoms with Gasteiger partial charge in [-0.05, 0) is 36.2 Å². The summed E-state index contributed by atoms with van der Waals surface area (Å²) in [7, 11) is 0. The summed E-state index contributed by atoms with van der Waals surface area (Å²) >= 11 is 0. The van der Waals surface area contributed by atoms with Crippen molar-refractivity contribution in [2.45, 2.75) is 6.42 Å². The maximum Gasteiger partial charge on any atom is 0.269 e. The molecule has 2 aromatic heterocycles. The Kier molecular flexibility index (Phi) is 4.41. The van der Waals surface area contributed by atoms with Gasteiger partial charge in [-0.1, -0.05) is 6.07 Å². The summed E-state index contributed by atoms with van der Waals surface area (Å²) in [6.45, 7) is 0.546. The Bertz CT molecular complexity index is 544. The minimum absolute atomic E-state index is 0.217. The van der Waals surface area contributed by atoms with E-state index in [-0.39, 0.29) is 5.91 Å². The summed E-state index contributed by atoms with van der Waals surface area (Å²) in [6.07, 6.45) is 4.22. The van der Waals surface area contributed by atoms with Crippen molar-refractivity contribution in [3.05, 3.63) is 54.0 Å². The first-order valence-electron chi connectivity index (χ1n) is 5.90. The molecule has 6 nitrogen and oxygen atoms in total. The molecule has 0 aliphatic heterocycles. The molecule has 2 aromatic rings. The fourth-order valence-corrected chi connectivity index (χ4v) is 1.60. The van der Waals surface area contributed by atoms with Crippen LogP contribution in [0.2, 0.25) is 0 Å². The molecule has 0 saturated carbocycles. The molecule has 6 heteroatoms. The van der Waals surface area contributed by atoms with E-state index in [0.717, 1.165) is 12.0 Å². The second-order valence-electron chi connectivity index (χ2n) is 3.91. The van der Waals surface area contributed by atoms with E-state index in [1.54, 1.807) is 30.6 Å². The van der Waals surface area contributed by atoms with Gasteiger partial charge in [0.15, 0.2) is 0 Å². The van der Waals surface area contributed by atoms with E-state index < -0.39 is 0 Å². The summed E-state index contributed by atoms with van der Waals surface area (Å²) in [5.74, 6) is 5.49. The topological polar surface area (TPSA) is 92.9 Å². The third kappa shape index (κ3) is 3.75. The summed E-state index contributed by atoms with van der Waals surface area (Å²) in [5, 5.41) is 2.81. The minimum atomic E-state index is -0.217. The van der Waals surface area contributed by atoms with Crippen LogP contribution in [0.3, 0.4) is 0 Å². The fourth-order valence-electron chi connectivity index (χ4n) is 1.60. The van der Waals surface area contributed by atoms with E-state index in [9.17, 15) is 4.79 Å². The number of hydrogen-bond acceptors (Lipinski definition) is 5. The highest BCUT2D eigenvalue weighted by Gasteiger charge is 2.06. The normalized spacial score (nSPS) is 9.95. The molecule has 2 rings (SSSR count). The maximum absolute atomic E-state index is 11.8. The predicted octanol–water partition coefficient (Wildman–Crippen LogP) is 0.735. The van der Waals surface area contributed by atoms with Gasteiger partial charge in [0, 0.05) is 18.9 Å². The van der Waals surface area contributed by atoms with E-state index in [2.05, 4.69) is 20.7 Å². The third-order valence-corrected chi connectivity index (χ3v) is 2.58. The van der Waals surface area contributed by atoms with Crippen LogP contribution in [0.15, 0.2) is 42.7 Å². The molecule has 0 aromatic carbocycles. The molecule has 0 saturated heterocycles. The minimum Gasteiger partial charge on any atom is -0.350 e. The summed E-state index contributed by atoms with van der Waals surface area (Å²) in [6, 6.07) is 8.89. The lowest BCUT2D eigenvalue weighted by Gasteiger charge is -2.06. The summed E-state index contributed by atoms with van der Waals surface area (Å²) in [4.78, 5) is 19.8. The van der Waals surface area contributed by atoms with Crippen molar-refractivity contribution in [1.29, 1.82) is 0 Å². The molecule has 0 bridgehead atoms. The van der Waals surface area contributed by atoms with Crippen LogP contribution in [-0.4, -0.2) is 22.4 Å². The van der Waals surface area contributed by atoms with Gasteiger partial charge < -0.3 is 10.7 Å². The largest absolute Gasteiger partial charge is 0.350 e. The Hall–Kier alpha value is -2.47. The van der Waals surface area contributed by atoms with Crippen LogP contribution in [0.5, 0.6) is 0 Å². The van der Waals surface area contributed by atoms with Gasteiger partial charge in [-0.3, -0.25) is 9.78 Å². The Morgan fingerprint density at radius 3 is 2.74 bits per heavy atom. The molecule has 0 aliphatic carbocycles. The number of nitrogens with one attached hydrogen (secondary N) is 2. The van der Waals surface area contributed by atoms with E-state index in [1.165, 1.54) is 0 Å². The van der Waals surface area contributed by atoms with Crippen molar-refractivity contribution in [1.82, 2.24) is 15.3 Å². The lowest BCUT2D eigenvalue weighted by atomic mass is 10.2. The molecule has 2 heterocycles. The molecule has 0 aliphatic rings. The zero-order chi connectivity index (χ0) is 13.5. The number of anilines is 1. The number of rotatable bonds is 5. The van der Waals surface area contributed by atoms with Crippen LogP contribution < -0.4 is 16.6 Å². The zero-order valence-electron chi connectivity index (χ0n) is 10.3. The second-order valence-corrected chi connectivity index (χ2v) is 3.91. The number of nitrogen functional groups attached to an aromatic ring is 1. The van der Waals surface area contributed by atoms with Crippen molar-refractivity contribution in [3.8, 4) is 0 Å². The fraction of sp³-hybridized carbons (Fsp3) is 0.154. The molecular weight excluding hydrogens is 242 g/mol. The number of hydrogen-bond donors (Lipinski definition) is 3. The SMILES string of the molecule is NNc1cccc(C(=O)NCCc2ccncc2)n1. The molecule has 0 spiro atoms. The van der Waals surface area contributed by atoms with Crippen LogP contribution in [-0.2, 0) is 6.42 Å². The highest BCUT2D eigenvalue weighted by Crippen LogP contribution is 2.03. The van der Waals surface area contributed by atoms with Crippen LogP contribution in [0.4, 0.5) is 5.82 Å². The van der Waals surface area contributed by atoms with Gasteiger partial charge in [0.1, 0.15) is 11.5 Å². The summed E-state index contributed by atoms with van der Waals surface area (Å²) in [5.41, 5.74) is 3.87. The van der Waals surface area contributed by atoms with Crippen molar-refractivity contribution in [2.24, 2.45) is 5.84 Å². The number of hydrazine groups is 1. The van der Waals surface area contributed by atoms with E-state index in [4.69, 9.17) is 5.84 Å². The number of pyridine rings is 2. The average molecular weight is 257 g/mol. The van der Waals surface area contributed by atoms with Gasteiger partial charge in [-0.25, -0.2) is 10.8 Å². The van der Waals surface area contributed by atoms with Crippen LogP contribution >= 0.6 is 0 Å². The highest BCUT2D eigenvalue weighted by atomic mass is 16.1. The Morgan fingerprint density at radius 2 is 2.00 bits per heavy atom. The van der Waals surface area contributed by atoms with E-state index >= 15 is 0 Å². The first-order chi connectivity index (χ1) is 9.29. The Labute approximate surface area is 111 Å². The predicted molar refractivity (Wildman–Crippen MR) is 72.3 cm³/mol. The van der Waals surface area contributed by atoms with Crippen molar-refractivity contribution >= 4 is 11.7 Å². The van der Waals surface area contributed by atoms with Gasteiger partial charge in [0.05, 0.1) is 0 Å². The van der Waals surface area contributed by atoms with Crippen molar-refractivity contribution in [3.63, 3.8) is 0 Å². The lowest BCUT2D eigenvalue weighted by Crippen LogP contribution is -2.26. The molecule has 0 radical (unpaired) electrons. The quantitative estimate of drug-likeness (QED) is 0.542.